The number of ether oxygens (including phenoxy) is 2. The number of nitrogen functional groups attached to an aromatic ring is 2. The summed E-state index contributed by atoms with van der Waals surface area (Å²) in [6, 6.07) is 30.5. The van der Waals surface area contributed by atoms with Crippen LogP contribution in [-0.2, 0) is 0 Å². The van der Waals surface area contributed by atoms with E-state index in [1.165, 1.54) is 11.8 Å². The van der Waals surface area contributed by atoms with E-state index in [0.717, 1.165) is 21.3 Å². The topological polar surface area (TPSA) is 70.5 Å². The third-order valence-corrected chi connectivity index (χ3v) is 5.21. The van der Waals surface area contributed by atoms with Crippen LogP contribution in [0.15, 0.2) is 107 Å². The fraction of sp³-hybridized carbons (Fsp3) is 0. The van der Waals surface area contributed by atoms with Gasteiger partial charge in [0.25, 0.3) is 0 Å². The Labute approximate surface area is 174 Å². The number of benzene rings is 4. The normalized spacial score (nSPS) is 10.5. The lowest BCUT2D eigenvalue weighted by molar-refractivity contribution is 0.469. The lowest BCUT2D eigenvalue weighted by atomic mass is 10.3. The van der Waals surface area contributed by atoms with Gasteiger partial charge in [-0.3, -0.25) is 0 Å². The Hall–Kier alpha value is -3.57. The van der Waals surface area contributed by atoms with Crippen LogP contribution in [0.4, 0.5) is 11.4 Å². The molecular formula is C24H20N2O2S. The molecule has 0 radical (unpaired) electrons. The number of anilines is 2. The Balaban J connectivity index is 1.66. The molecule has 144 valence electrons. The zero-order chi connectivity index (χ0) is 20.1. The maximum absolute atomic E-state index is 6.08. The highest BCUT2D eigenvalue weighted by atomic mass is 32.2. The quantitative estimate of drug-likeness (QED) is 0.357. The predicted octanol–water partition coefficient (Wildman–Crippen LogP) is 6.59. The maximum atomic E-state index is 6.08. The molecule has 0 spiro atoms. The van der Waals surface area contributed by atoms with E-state index in [4.69, 9.17) is 20.9 Å². The van der Waals surface area contributed by atoms with Crippen molar-refractivity contribution in [3.05, 3.63) is 97.1 Å². The van der Waals surface area contributed by atoms with Crippen LogP contribution in [0.5, 0.6) is 23.0 Å². The average molecular weight is 401 g/mol. The van der Waals surface area contributed by atoms with Crippen molar-refractivity contribution in [3.63, 3.8) is 0 Å². The molecule has 29 heavy (non-hydrogen) atoms. The van der Waals surface area contributed by atoms with Crippen LogP contribution in [0.2, 0.25) is 0 Å². The second-order valence-electron chi connectivity index (χ2n) is 6.34. The fourth-order valence-corrected chi connectivity index (χ4v) is 3.64. The number of para-hydroxylation sites is 2. The summed E-state index contributed by atoms with van der Waals surface area (Å²) in [6.07, 6.45) is 0. The first-order valence-electron chi connectivity index (χ1n) is 9.10. The van der Waals surface area contributed by atoms with Gasteiger partial charge in [0, 0.05) is 23.5 Å². The first-order chi connectivity index (χ1) is 14.2. The predicted molar refractivity (Wildman–Crippen MR) is 119 cm³/mol. The molecular weight excluding hydrogens is 380 g/mol. The molecule has 4 N–H and O–H groups in total. The van der Waals surface area contributed by atoms with Crippen molar-refractivity contribution >= 4 is 23.1 Å². The Morgan fingerprint density at radius 2 is 0.931 bits per heavy atom. The lowest BCUT2D eigenvalue weighted by Crippen LogP contribution is -1.93. The zero-order valence-electron chi connectivity index (χ0n) is 15.6. The molecule has 4 rings (SSSR count). The second kappa shape index (κ2) is 8.63. The van der Waals surface area contributed by atoms with E-state index in [1.807, 2.05) is 97.1 Å². The zero-order valence-corrected chi connectivity index (χ0v) is 16.4. The van der Waals surface area contributed by atoms with Crippen molar-refractivity contribution in [1.82, 2.24) is 0 Å². The Morgan fingerprint density at radius 3 is 1.34 bits per heavy atom. The highest BCUT2D eigenvalue weighted by Gasteiger charge is 2.13. The largest absolute Gasteiger partial charge is 0.456 e. The van der Waals surface area contributed by atoms with Crippen LogP contribution in [0.1, 0.15) is 0 Å². The Bertz CT molecular complexity index is 1010. The van der Waals surface area contributed by atoms with Crippen LogP contribution in [-0.4, -0.2) is 0 Å². The Morgan fingerprint density at radius 1 is 0.517 bits per heavy atom. The molecule has 0 atom stereocenters. The smallest absolute Gasteiger partial charge is 0.143 e. The lowest BCUT2D eigenvalue weighted by Gasteiger charge is -2.15. The first-order valence-corrected chi connectivity index (χ1v) is 9.92. The van der Waals surface area contributed by atoms with Gasteiger partial charge in [0.1, 0.15) is 23.0 Å². The molecule has 4 nitrogen and oxygen atoms in total. The van der Waals surface area contributed by atoms with E-state index < -0.39 is 0 Å². The molecule has 0 fully saturated rings. The molecule has 0 aromatic heterocycles. The third kappa shape index (κ3) is 4.83. The number of nitrogens with two attached hydrogens (primary N) is 2. The van der Waals surface area contributed by atoms with E-state index in [1.54, 1.807) is 0 Å². The van der Waals surface area contributed by atoms with Gasteiger partial charge in [-0.15, -0.1) is 0 Å². The average Bonchev–Trinajstić information content (AvgIpc) is 2.73. The molecule has 0 amide bonds. The minimum atomic E-state index is 0.637. The van der Waals surface area contributed by atoms with E-state index >= 15 is 0 Å². The third-order valence-electron chi connectivity index (χ3n) is 4.10. The van der Waals surface area contributed by atoms with Gasteiger partial charge in [0.2, 0.25) is 0 Å². The van der Waals surface area contributed by atoms with Crippen molar-refractivity contribution in [2.45, 2.75) is 9.79 Å². The van der Waals surface area contributed by atoms with Crippen LogP contribution >= 0.6 is 11.8 Å². The summed E-state index contributed by atoms with van der Waals surface area (Å²) >= 11 is 1.54. The van der Waals surface area contributed by atoms with Gasteiger partial charge >= 0.3 is 0 Å². The van der Waals surface area contributed by atoms with Crippen molar-refractivity contribution in [2.24, 2.45) is 0 Å². The van der Waals surface area contributed by atoms with E-state index in [2.05, 4.69) is 0 Å². The van der Waals surface area contributed by atoms with Crippen molar-refractivity contribution in [1.29, 1.82) is 0 Å². The summed E-state index contributed by atoms with van der Waals surface area (Å²) in [7, 11) is 0. The molecule has 0 saturated heterocycles. The van der Waals surface area contributed by atoms with Crippen molar-refractivity contribution < 1.29 is 9.47 Å². The van der Waals surface area contributed by atoms with Crippen molar-refractivity contribution in [2.75, 3.05) is 11.5 Å². The highest BCUT2D eigenvalue weighted by Crippen LogP contribution is 2.43. The first kappa shape index (κ1) is 18.8. The standard InChI is InChI=1S/C24H20N2O2S/c25-17-11-13-23(21(15-17)27-19-7-3-1-4-8-19)29-24-14-12-18(26)16-22(24)28-20-9-5-2-6-10-20/h1-16H,25-26H2. The van der Waals surface area contributed by atoms with Gasteiger partial charge in [-0.2, -0.15) is 0 Å². The van der Waals surface area contributed by atoms with Gasteiger partial charge in [-0.25, -0.2) is 0 Å². The monoisotopic (exact) mass is 400 g/mol. The molecule has 0 aliphatic rings. The number of hydrogen-bond acceptors (Lipinski definition) is 5. The van der Waals surface area contributed by atoms with Crippen molar-refractivity contribution in [3.8, 4) is 23.0 Å². The SMILES string of the molecule is Nc1ccc(Sc2ccc(N)cc2Oc2ccccc2)c(Oc2ccccc2)c1. The summed E-state index contributed by atoms with van der Waals surface area (Å²) in [5.74, 6) is 2.86. The molecule has 0 unspecified atom stereocenters. The fourth-order valence-electron chi connectivity index (χ4n) is 2.73. The van der Waals surface area contributed by atoms with Gasteiger partial charge < -0.3 is 20.9 Å². The summed E-state index contributed by atoms with van der Waals surface area (Å²) in [5, 5.41) is 0. The van der Waals surface area contributed by atoms with E-state index in [9.17, 15) is 0 Å². The minimum absolute atomic E-state index is 0.637. The second-order valence-corrected chi connectivity index (χ2v) is 7.43. The summed E-state index contributed by atoms with van der Waals surface area (Å²) in [5.41, 5.74) is 13.3. The van der Waals surface area contributed by atoms with Crippen LogP contribution in [0, 0.1) is 0 Å². The molecule has 0 aliphatic heterocycles. The number of hydrogen-bond donors (Lipinski definition) is 2. The van der Waals surface area contributed by atoms with E-state index in [-0.39, 0.29) is 0 Å². The number of rotatable bonds is 6. The molecule has 0 aliphatic carbocycles. The summed E-state index contributed by atoms with van der Waals surface area (Å²) < 4.78 is 12.2. The van der Waals surface area contributed by atoms with E-state index in [0.29, 0.717) is 22.9 Å². The van der Waals surface area contributed by atoms with Crippen LogP contribution in [0.3, 0.4) is 0 Å². The minimum Gasteiger partial charge on any atom is -0.456 e. The molecule has 0 saturated carbocycles. The van der Waals surface area contributed by atoms with Gasteiger partial charge in [-0.05, 0) is 48.5 Å². The molecule has 4 aromatic carbocycles. The van der Waals surface area contributed by atoms with Crippen LogP contribution < -0.4 is 20.9 Å². The molecule has 5 heteroatoms. The van der Waals surface area contributed by atoms with Gasteiger partial charge in [-0.1, -0.05) is 48.2 Å². The molecule has 0 bridgehead atoms. The van der Waals surface area contributed by atoms with Gasteiger partial charge in [0.15, 0.2) is 0 Å². The van der Waals surface area contributed by atoms with Crippen LogP contribution in [0.25, 0.3) is 0 Å². The maximum Gasteiger partial charge on any atom is 0.143 e. The summed E-state index contributed by atoms with van der Waals surface area (Å²) in [6.45, 7) is 0. The highest BCUT2D eigenvalue weighted by molar-refractivity contribution is 7.99. The summed E-state index contributed by atoms with van der Waals surface area (Å²) in [4.78, 5) is 1.84. The Kier molecular flexibility index (Phi) is 5.59. The van der Waals surface area contributed by atoms with Gasteiger partial charge in [0.05, 0.1) is 9.79 Å². The molecule has 4 aromatic rings. The molecule has 0 heterocycles.